The quantitative estimate of drug-likeness (QED) is 0.360. The summed E-state index contributed by atoms with van der Waals surface area (Å²) in [5, 5.41) is 6.10. The zero-order valence-electron chi connectivity index (χ0n) is 15.8. The molecule has 0 atom stereocenters. The molecule has 0 spiro atoms. The Labute approximate surface area is 183 Å². The number of thioether (sulfide) groups is 1. The molecule has 0 aliphatic heterocycles. The number of nitrogens with one attached hydrogen (secondary N) is 1. The van der Waals surface area contributed by atoms with Crippen LogP contribution in [0.25, 0.3) is 11.3 Å². The number of aromatic nitrogens is 1. The molecule has 0 aliphatic carbocycles. The first-order chi connectivity index (χ1) is 14.8. The van der Waals surface area contributed by atoms with Crippen LogP contribution in [0.1, 0.15) is 16.1 Å². The van der Waals surface area contributed by atoms with Crippen molar-refractivity contribution in [2.75, 3.05) is 11.9 Å². The number of anilines is 1. The van der Waals surface area contributed by atoms with E-state index in [2.05, 4.69) is 10.5 Å². The van der Waals surface area contributed by atoms with Crippen LogP contribution in [0, 0.1) is 12.7 Å². The predicted octanol–water partition coefficient (Wildman–Crippen LogP) is 5.55. The van der Waals surface area contributed by atoms with Gasteiger partial charge in [0.1, 0.15) is 22.8 Å². The third-order valence-corrected chi connectivity index (χ3v) is 5.08. The van der Waals surface area contributed by atoms with Gasteiger partial charge >= 0.3 is 5.97 Å². The van der Waals surface area contributed by atoms with Gasteiger partial charge in [0.25, 0.3) is 11.7 Å². The molecule has 0 bridgehead atoms. The molecular weight excluding hydrogens is 457 g/mol. The lowest BCUT2D eigenvalue weighted by Crippen LogP contribution is -2.21. The van der Waals surface area contributed by atoms with E-state index in [0.29, 0.717) is 0 Å². The molecule has 2 aromatic carbocycles. The number of halogens is 4. The summed E-state index contributed by atoms with van der Waals surface area (Å²) >= 11 is 6.29. The van der Waals surface area contributed by atoms with Crippen molar-refractivity contribution in [2.24, 2.45) is 0 Å². The topological polar surface area (TPSA) is 81.4 Å². The maximum atomic E-state index is 14.2. The van der Waals surface area contributed by atoms with Crippen molar-refractivity contribution >= 4 is 40.9 Å². The summed E-state index contributed by atoms with van der Waals surface area (Å²) in [6, 6.07) is 9.91. The van der Waals surface area contributed by atoms with Gasteiger partial charge in [-0.3, -0.25) is 4.79 Å². The standard InChI is InChI=1S/C20H14ClF3N2O4S/c1-10-16(18(26-30-10)17-11(21)5-4-6-12(17)22)19(28)29-9-15(27)25-13-7-2-3-8-14(13)31-20(23)24/h2-8,20H,9H2,1H3,(H,25,27). The minimum atomic E-state index is -2.67. The van der Waals surface area contributed by atoms with Crippen molar-refractivity contribution in [3.8, 4) is 11.3 Å². The second kappa shape index (κ2) is 9.88. The molecule has 0 fully saturated rings. The van der Waals surface area contributed by atoms with Gasteiger partial charge in [-0.1, -0.05) is 46.7 Å². The maximum absolute atomic E-state index is 14.2. The molecule has 1 heterocycles. The van der Waals surface area contributed by atoms with E-state index in [9.17, 15) is 22.8 Å². The molecule has 1 aromatic heterocycles. The molecule has 0 aliphatic rings. The van der Waals surface area contributed by atoms with Gasteiger partial charge in [-0.25, -0.2) is 9.18 Å². The number of rotatable bonds is 7. The van der Waals surface area contributed by atoms with E-state index in [1.807, 2.05) is 0 Å². The maximum Gasteiger partial charge on any atom is 0.344 e. The normalized spacial score (nSPS) is 10.9. The fourth-order valence-electron chi connectivity index (χ4n) is 2.67. The van der Waals surface area contributed by atoms with Crippen molar-refractivity contribution in [3.63, 3.8) is 0 Å². The number of hydrogen-bond donors (Lipinski definition) is 1. The Bertz CT molecular complexity index is 1100. The first-order valence-electron chi connectivity index (χ1n) is 8.69. The van der Waals surface area contributed by atoms with E-state index in [1.54, 1.807) is 12.1 Å². The average Bonchev–Trinajstić information content (AvgIpc) is 3.08. The Morgan fingerprint density at radius 1 is 1.23 bits per heavy atom. The average molecular weight is 471 g/mol. The molecule has 3 aromatic rings. The molecule has 0 radical (unpaired) electrons. The van der Waals surface area contributed by atoms with Crippen molar-refractivity contribution in [1.29, 1.82) is 0 Å². The van der Waals surface area contributed by atoms with Crippen LogP contribution < -0.4 is 5.32 Å². The Hall–Kier alpha value is -2.98. The predicted molar refractivity (Wildman–Crippen MR) is 109 cm³/mol. The van der Waals surface area contributed by atoms with Gasteiger partial charge in [0.2, 0.25) is 0 Å². The third-order valence-electron chi connectivity index (χ3n) is 3.98. The molecule has 0 saturated carbocycles. The van der Waals surface area contributed by atoms with Gasteiger partial charge in [-0.05, 0) is 31.2 Å². The third kappa shape index (κ3) is 5.39. The summed E-state index contributed by atoms with van der Waals surface area (Å²) in [7, 11) is 0. The number of aryl methyl sites for hydroxylation is 1. The Kier molecular flexibility index (Phi) is 7.24. The summed E-state index contributed by atoms with van der Waals surface area (Å²) in [6.45, 7) is 0.696. The number of para-hydroxylation sites is 1. The molecule has 0 saturated heterocycles. The van der Waals surface area contributed by atoms with E-state index in [4.69, 9.17) is 20.9 Å². The zero-order chi connectivity index (χ0) is 22.5. The van der Waals surface area contributed by atoms with E-state index in [0.717, 1.165) is 6.07 Å². The van der Waals surface area contributed by atoms with Crippen LogP contribution in [0.4, 0.5) is 18.9 Å². The summed E-state index contributed by atoms with van der Waals surface area (Å²) in [5.41, 5.74) is -0.345. The van der Waals surface area contributed by atoms with Gasteiger partial charge in [0.05, 0.1) is 16.3 Å². The number of carbonyl (C=O) groups is 2. The van der Waals surface area contributed by atoms with Crippen LogP contribution in [0.3, 0.4) is 0 Å². The van der Waals surface area contributed by atoms with Crippen LogP contribution in [-0.4, -0.2) is 29.4 Å². The number of alkyl halides is 2. The first-order valence-corrected chi connectivity index (χ1v) is 9.95. The van der Waals surface area contributed by atoms with E-state index >= 15 is 0 Å². The summed E-state index contributed by atoms with van der Waals surface area (Å²) in [5.74, 6) is -5.09. The first kappa shape index (κ1) is 22.7. The number of esters is 1. The minimum absolute atomic E-state index is 0.00762. The minimum Gasteiger partial charge on any atom is -0.452 e. The summed E-state index contributed by atoms with van der Waals surface area (Å²) in [6.07, 6.45) is 0. The van der Waals surface area contributed by atoms with Crippen LogP contribution >= 0.6 is 23.4 Å². The number of nitrogens with zero attached hydrogens (tertiary/aromatic N) is 1. The van der Waals surface area contributed by atoms with Crippen molar-refractivity contribution in [1.82, 2.24) is 5.16 Å². The molecule has 1 N–H and O–H groups in total. The number of benzene rings is 2. The molecule has 162 valence electrons. The zero-order valence-corrected chi connectivity index (χ0v) is 17.4. The molecule has 11 heteroatoms. The monoisotopic (exact) mass is 470 g/mol. The van der Waals surface area contributed by atoms with Crippen molar-refractivity contribution < 1.29 is 32.0 Å². The molecule has 3 rings (SSSR count). The number of ether oxygens (including phenoxy) is 1. The van der Waals surface area contributed by atoms with Crippen molar-refractivity contribution in [3.05, 3.63) is 64.6 Å². The van der Waals surface area contributed by atoms with Crippen LogP contribution in [0.5, 0.6) is 0 Å². The lowest BCUT2D eigenvalue weighted by molar-refractivity contribution is -0.119. The Morgan fingerprint density at radius 3 is 2.68 bits per heavy atom. The molecular formula is C20H14ClF3N2O4S. The molecule has 0 unspecified atom stereocenters. The van der Waals surface area contributed by atoms with Gasteiger partial charge < -0.3 is 14.6 Å². The number of carbonyl (C=O) groups excluding carboxylic acids is 2. The molecule has 1 amide bonds. The van der Waals surface area contributed by atoms with Crippen LogP contribution in [-0.2, 0) is 9.53 Å². The van der Waals surface area contributed by atoms with Crippen molar-refractivity contribution in [2.45, 2.75) is 17.6 Å². The van der Waals surface area contributed by atoms with E-state index in [1.165, 1.54) is 31.2 Å². The van der Waals surface area contributed by atoms with E-state index in [-0.39, 0.29) is 49.9 Å². The van der Waals surface area contributed by atoms with Gasteiger partial charge in [-0.2, -0.15) is 8.78 Å². The largest absolute Gasteiger partial charge is 0.452 e. The highest BCUT2D eigenvalue weighted by Crippen LogP contribution is 2.34. The lowest BCUT2D eigenvalue weighted by Gasteiger charge is -2.11. The molecule has 31 heavy (non-hydrogen) atoms. The Morgan fingerprint density at radius 2 is 1.97 bits per heavy atom. The van der Waals surface area contributed by atoms with Crippen LogP contribution in [0.2, 0.25) is 5.02 Å². The lowest BCUT2D eigenvalue weighted by atomic mass is 10.1. The highest BCUT2D eigenvalue weighted by atomic mass is 35.5. The Balaban J connectivity index is 1.73. The highest BCUT2D eigenvalue weighted by molar-refractivity contribution is 7.99. The second-order valence-electron chi connectivity index (χ2n) is 6.06. The molecule has 6 nitrogen and oxygen atoms in total. The number of amides is 1. The van der Waals surface area contributed by atoms with Gasteiger partial charge in [-0.15, -0.1) is 0 Å². The van der Waals surface area contributed by atoms with Crippen LogP contribution in [0.15, 0.2) is 51.9 Å². The fraction of sp³-hybridized carbons (Fsp3) is 0.150. The van der Waals surface area contributed by atoms with E-state index < -0.39 is 30.1 Å². The number of hydrogen-bond acceptors (Lipinski definition) is 6. The van der Waals surface area contributed by atoms with Gasteiger partial charge in [0, 0.05) is 4.90 Å². The smallest absolute Gasteiger partial charge is 0.344 e. The fourth-order valence-corrected chi connectivity index (χ4v) is 3.51. The SMILES string of the molecule is Cc1onc(-c2c(F)cccc2Cl)c1C(=O)OCC(=O)Nc1ccccc1SC(F)F. The van der Waals surface area contributed by atoms with Gasteiger partial charge in [0.15, 0.2) is 6.61 Å². The second-order valence-corrected chi connectivity index (χ2v) is 7.50. The highest BCUT2D eigenvalue weighted by Gasteiger charge is 2.27. The summed E-state index contributed by atoms with van der Waals surface area (Å²) < 4.78 is 49.5. The summed E-state index contributed by atoms with van der Waals surface area (Å²) in [4.78, 5) is 24.9.